The van der Waals surface area contributed by atoms with E-state index < -0.39 is 11.9 Å². The van der Waals surface area contributed by atoms with Crippen molar-refractivity contribution < 1.29 is 19.8 Å². The molecule has 1 aliphatic carbocycles. The predicted molar refractivity (Wildman–Crippen MR) is 139 cm³/mol. The van der Waals surface area contributed by atoms with Crippen molar-refractivity contribution in [3.8, 4) is 23.0 Å². The molecule has 6 heteroatoms. The van der Waals surface area contributed by atoms with E-state index in [9.17, 15) is 9.59 Å². The number of allylic oxidation sites excluding steroid dienone is 4. The highest BCUT2D eigenvalue weighted by atomic mass is 16.4. The molecule has 0 bridgehead atoms. The molecule has 0 radical (unpaired) electrons. The summed E-state index contributed by atoms with van der Waals surface area (Å²) in [6, 6.07) is 12.2. The Kier molecular flexibility index (Phi) is 8.30. The first-order valence-electron chi connectivity index (χ1n) is 11.4. The average molecular weight is 471 g/mol. The van der Waals surface area contributed by atoms with Crippen LogP contribution in [0.4, 0.5) is 5.69 Å². The van der Waals surface area contributed by atoms with Crippen LogP contribution in [0.3, 0.4) is 0 Å². The number of benzene rings is 2. The van der Waals surface area contributed by atoms with E-state index in [4.69, 9.17) is 15.9 Å². The van der Waals surface area contributed by atoms with Gasteiger partial charge in [0.15, 0.2) is 0 Å². The molecule has 35 heavy (non-hydrogen) atoms. The van der Waals surface area contributed by atoms with E-state index in [1.54, 1.807) is 0 Å². The van der Waals surface area contributed by atoms with Crippen molar-refractivity contribution in [3.63, 3.8) is 0 Å². The molecule has 2 aromatic rings. The number of nitrogen functional groups attached to an aromatic ring is 1. The molecule has 0 aromatic heterocycles. The van der Waals surface area contributed by atoms with Gasteiger partial charge in [0.1, 0.15) is 0 Å². The topological polar surface area (TPSA) is 104 Å². The zero-order valence-corrected chi connectivity index (χ0v) is 20.1. The molecule has 4 N–H and O–H groups in total. The maximum absolute atomic E-state index is 11.1. The van der Waals surface area contributed by atoms with Gasteiger partial charge in [-0.15, -0.1) is 0 Å². The quantitative estimate of drug-likeness (QED) is 0.242. The van der Waals surface area contributed by atoms with E-state index in [2.05, 4.69) is 36.6 Å². The number of hydrogen-bond donors (Lipinski definition) is 3. The summed E-state index contributed by atoms with van der Waals surface area (Å²) in [5, 5.41) is 18.2. The van der Waals surface area contributed by atoms with Crippen molar-refractivity contribution in [2.75, 3.05) is 25.4 Å². The van der Waals surface area contributed by atoms with Gasteiger partial charge in [-0.3, -0.25) is 14.5 Å². The second-order valence-corrected chi connectivity index (χ2v) is 8.75. The average Bonchev–Trinajstić information content (AvgIpc) is 3.12. The number of carboxylic acids is 2. The minimum absolute atomic E-state index is 0.205. The van der Waals surface area contributed by atoms with Gasteiger partial charge in [0.25, 0.3) is 0 Å². The lowest BCUT2D eigenvalue weighted by atomic mass is 10.0. The van der Waals surface area contributed by atoms with Crippen molar-refractivity contribution in [3.05, 3.63) is 88.5 Å². The van der Waals surface area contributed by atoms with Gasteiger partial charge in [-0.25, -0.2) is 0 Å². The second kappa shape index (κ2) is 11.4. The van der Waals surface area contributed by atoms with Crippen LogP contribution in [-0.2, 0) is 16.0 Å². The lowest BCUT2D eigenvalue weighted by Crippen LogP contribution is -2.35. The molecule has 0 fully saturated rings. The van der Waals surface area contributed by atoms with Crippen molar-refractivity contribution >= 4 is 17.6 Å². The van der Waals surface area contributed by atoms with E-state index in [0.29, 0.717) is 0 Å². The first-order chi connectivity index (χ1) is 16.6. The number of carbonyl (C=O) groups is 2. The fraction of sp³-hybridized carbons (Fsp3) is 0.241. The Morgan fingerprint density at radius 2 is 1.66 bits per heavy atom. The summed E-state index contributed by atoms with van der Waals surface area (Å²) in [5.41, 5.74) is 14.9. The van der Waals surface area contributed by atoms with E-state index in [0.717, 1.165) is 40.8 Å². The molecule has 3 rings (SSSR count). The molecule has 0 unspecified atom stereocenters. The standard InChI is InChI=1S/C29H30N2O4/c1-4-19(2)11-22(12-20(3)16-31(17-28(32)33)18-29(34)35)6-5-21-7-9-26-23(13-21)14-24-15-25(30)8-10-27(24)26/h7-13,15H,2,4,14,16-18,30H2,1,3H3,(H,32,33)(H,34,35)/b20-12+,22-11-. The molecule has 1 aliphatic rings. The smallest absolute Gasteiger partial charge is 0.317 e. The Bertz CT molecular complexity index is 1280. The highest BCUT2D eigenvalue weighted by Gasteiger charge is 2.18. The zero-order chi connectivity index (χ0) is 25.5. The number of fused-ring (bicyclic) bond motifs is 3. The Morgan fingerprint density at radius 1 is 1.03 bits per heavy atom. The maximum atomic E-state index is 11.1. The number of aliphatic carboxylic acids is 2. The first kappa shape index (κ1) is 25.5. The van der Waals surface area contributed by atoms with E-state index in [1.807, 2.05) is 44.2 Å². The first-order valence-corrected chi connectivity index (χ1v) is 11.4. The molecule has 0 amide bonds. The molecule has 6 nitrogen and oxygen atoms in total. The van der Waals surface area contributed by atoms with Crippen molar-refractivity contribution in [2.24, 2.45) is 0 Å². The third-order valence-electron chi connectivity index (χ3n) is 5.66. The summed E-state index contributed by atoms with van der Waals surface area (Å²) >= 11 is 0. The Balaban J connectivity index is 1.84. The highest BCUT2D eigenvalue weighted by Crippen LogP contribution is 2.37. The van der Waals surface area contributed by atoms with Crippen LogP contribution in [0.1, 0.15) is 37.0 Å². The number of nitrogens with zero attached hydrogens (tertiary/aromatic N) is 1. The van der Waals surface area contributed by atoms with E-state index in [-0.39, 0.29) is 19.6 Å². The predicted octanol–water partition coefficient (Wildman–Crippen LogP) is 4.50. The molecular formula is C29H30N2O4. The van der Waals surface area contributed by atoms with Crippen LogP contribution in [0.15, 0.2) is 71.8 Å². The second-order valence-electron chi connectivity index (χ2n) is 8.75. The van der Waals surface area contributed by atoms with Gasteiger partial charge in [0.05, 0.1) is 13.1 Å². The Morgan fingerprint density at radius 3 is 2.29 bits per heavy atom. The van der Waals surface area contributed by atoms with Gasteiger partial charge in [-0.2, -0.15) is 0 Å². The lowest BCUT2D eigenvalue weighted by Gasteiger charge is -2.18. The fourth-order valence-corrected chi connectivity index (χ4v) is 4.10. The van der Waals surface area contributed by atoms with Gasteiger partial charge in [-0.05, 0) is 78.4 Å². The van der Waals surface area contributed by atoms with Gasteiger partial charge in [-0.1, -0.05) is 48.6 Å². The summed E-state index contributed by atoms with van der Waals surface area (Å²) in [5.74, 6) is 4.30. The largest absolute Gasteiger partial charge is 0.480 e. The molecule has 0 saturated heterocycles. The van der Waals surface area contributed by atoms with Crippen LogP contribution < -0.4 is 5.73 Å². The summed E-state index contributed by atoms with van der Waals surface area (Å²) in [6.07, 6.45) is 5.35. The van der Waals surface area contributed by atoms with Gasteiger partial charge >= 0.3 is 11.9 Å². The van der Waals surface area contributed by atoms with Crippen molar-refractivity contribution in [2.45, 2.75) is 26.7 Å². The molecule has 2 aromatic carbocycles. The van der Waals surface area contributed by atoms with Crippen LogP contribution in [0, 0.1) is 11.8 Å². The maximum Gasteiger partial charge on any atom is 0.317 e. The van der Waals surface area contributed by atoms with Gasteiger partial charge in [0.2, 0.25) is 0 Å². The molecule has 0 saturated carbocycles. The molecule has 0 atom stereocenters. The Labute approximate surface area is 206 Å². The number of rotatable bonds is 9. The number of anilines is 1. The highest BCUT2D eigenvalue weighted by molar-refractivity contribution is 5.79. The molecule has 0 spiro atoms. The van der Waals surface area contributed by atoms with Crippen LogP contribution in [0.25, 0.3) is 11.1 Å². The SMILES string of the molecule is C=C(/C=C(C#Cc1ccc2c(c1)Cc1cc(N)ccc1-2)\C=C(/C)CN(CC(=O)O)CC(=O)O)CC. The molecule has 0 aliphatic heterocycles. The third-order valence-corrected chi connectivity index (χ3v) is 5.66. The van der Waals surface area contributed by atoms with Crippen LogP contribution in [0.2, 0.25) is 0 Å². The van der Waals surface area contributed by atoms with Crippen molar-refractivity contribution in [1.29, 1.82) is 0 Å². The fourth-order valence-electron chi connectivity index (χ4n) is 4.10. The van der Waals surface area contributed by atoms with E-state index in [1.165, 1.54) is 27.2 Å². The van der Waals surface area contributed by atoms with Gasteiger partial charge < -0.3 is 15.9 Å². The lowest BCUT2D eigenvalue weighted by molar-refractivity contribution is -0.141. The van der Waals surface area contributed by atoms with Crippen LogP contribution in [0.5, 0.6) is 0 Å². The van der Waals surface area contributed by atoms with Gasteiger partial charge in [0, 0.05) is 23.4 Å². The monoisotopic (exact) mass is 470 g/mol. The molecular weight excluding hydrogens is 440 g/mol. The molecule has 0 heterocycles. The van der Waals surface area contributed by atoms with Crippen LogP contribution >= 0.6 is 0 Å². The summed E-state index contributed by atoms with van der Waals surface area (Å²) in [6.45, 7) is 7.38. The van der Waals surface area contributed by atoms with E-state index >= 15 is 0 Å². The zero-order valence-electron chi connectivity index (χ0n) is 20.1. The Hall–Kier alpha value is -4.08. The molecule has 180 valence electrons. The summed E-state index contributed by atoms with van der Waals surface area (Å²) < 4.78 is 0. The normalized spacial score (nSPS) is 12.5. The van der Waals surface area contributed by atoms with Crippen LogP contribution in [-0.4, -0.2) is 46.7 Å². The van der Waals surface area contributed by atoms with Crippen molar-refractivity contribution in [1.82, 2.24) is 4.90 Å². The number of carboxylic acid groups (broad SMARTS) is 2. The summed E-state index contributed by atoms with van der Waals surface area (Å²) in [4.78, 5) is 23.6. The summed E-state index contributed by atoms with van der Waals surface area (Å²) in [7, 11) is 0. The number of hydrogen-bond acceptors (Lipinski definition) is 4. The minimum Gasteiger partial charge on any atom is -0.480 e. The number of nitrogens with two attached hydrogens (primary N) is 1. The third kappa shape index (κ3) is 7.20. The minimum atomic E-state index is -1.07.